The van der Waals surface area contributed by atoms with Gasteiger partial charge in [0.25, 0.3) is 5.91 Å². The molecule has 1 atom stereocenters. The van der Waals surface area contributed by atoms with Gasteiger partial charge in [-0.05, 0) is 53.5 Å². The van der Waals surface area contributed by atoms with E-state index in [9.17, 15) is 9.59 Å². The zero-order valence-corrected chi connectivity index (χ0v) is 18.9. The number of piperidine rings is 1. The van der Waals surface area contributed by atoms with Crippen molar-refractivity contribution >= 4 is 47.1 Å². The molecule has 6 nitrogen and oxygen atoms in total. The molecule has 0 spiro atoms. The van der Waals surface area contributed by atoms with E-state index in [0.717, 1.165) is 19.4 Å². The molecule has 0 aliphatic carbocycles. The first-order valence-corrected chi connectivity index (χ1v) is 10.7. The molecule has 4 rings (SSSR count). The van der Waals surface area contributed by atoms with Gasteiger partial charge in [0.05, 0.1) is 11.4 Å². The van der Waals surface area contributed by atoms with Crippen LogP contribution in [0, 0.1) is 0 Å². The van der Waals surface area contributed by atoms with Crippen molar-refractivity contribution in [3.63, 3.8) is 0 Å². The molecule has 1 saturated heterocycles. The fraction of sp³-hybridized carbons (Fsp3) is 0.192. The van der Waals surface area contributed by atoms with Gasteiger partial charge in [-0.15, -0.1) is 12.4 Å². The molecule has 170 valence electrons. The van der Waals surface area contributed by atoms with Gasteiger partial charge in [-0.3, -0.25) is 14.8 Å². The minimum atomic E-state index is -0.631. The van der Waals surface area contributed by atoms with Crippen molar-refractivity contribution in [3.8, 4) is 0 Å². The standard InChI is InChI=1S/C26H25N3O3.ClH/c30-25(28-32)14-12-23-8-3-9-24(27-23)13-15-26(31)29-16-4-7-22(18-29)21-11-10-19-5-1-2-6-20(19)17-21;/h1-3,5-6,8-15,17,22,32H,4,7,16,18H2,(H,28,30);1H/b14-12+,15-13+;. The summed E-state index contributed by atoms with van der Waals surface area (Å²) < 4.78 is 0. The van der Waals surface area contributed by atoms with E-state index < -0.39 is 5.91 Å². The molecule has 1 unspecified atom stereocenters. The van der Waals surface area contributed by atoms with Crippen LogP contribution in [0.25, 0.3) is 22.9 Å². The number of carbonyl (C=O) groups is 2. The van der Waals surface area contributed by atoms with E-state index in [1.54, 1.807) is 30.4 Å². The molecule has 2 aromatic carbocycles. The number of pyridine rings is 1. The maximum absolute atomic E-state index is 12.8. The van der Waals surface area contributed by atoms with Crippen LogP contribution in [0.5, 0.6) is 0 Å². The van der Waals surface area contributed by atoms with Crippen LogP contribution >= 0.6 is 12.4 Å². The quantitative estimate of drug-likeness (QED) is 0.329. The summed E-state index contributed by atoms with van der Waals surface area (Å²) in [4.78, 5) is 30.2. The predicted molar refractivity (Wildman–Crippen MR) is 132 cm³/mol. The number of fused-ring (bicyclic) bond motifs is 1. The van der Waals surface area contributed by atoms with Gasteiger partial charge >= 0.3 is 0 Å². The molecule has 2 amide bonds. The summed E-state index contributed by atoms with van der Waals surface area (Å²) in [5.41, 5.74) is 3.98. The molecule has 33 heavy (non-hydrogen) atoms. The Morgan fingerprint density at radius 3 is 2.45 bits per heavy atom. The van der Waals surface area contributed by atoms with Gasteiger partial charge in [0.2, 0.25) is 5.91 Å². The zero-order chi connectivity index (χ0) is 22.3. The molecule has 0 saturated carbocycles. The Bertz CT molecular complexity index is 1190. The molecular weight excluding hydrogens is 438 g/mol. The Hall–Kier alpha value is -3.48. The van der Waals surface area contributed by atoms with Crippen molar-refractivity contribution in [2.24, 2.45) is 0 Å². The summed E-state index contributed by atoms with van der Waals surface area (Å²) in [5, 5.41) is 11.0. The van der Waals surface area contributed by atoms with Crippen LogP contribution in [-0.2, 0) is 9.59 Å². The van der Waals surface area contributed by atoms with Gasteiger partial charge < -0.3 is 4.90 Å². The lowest BCUT2D eigenvalue weighted by atomic mass is 9.89. The summed E-state index contributed by atoms with van der Waals surface area (Å²) in [6.45, 7) is 1.45. The number of benzene rings is 2. The summed E-state index contributed by atoms with van der Waals surface area (Å²) >= 11 is 0. The molecule has 2 N–H and O–H groups in total. The number of likely N-dealkylation sites (tertiary alicyclic amines) is 1. The third-order valence-corrected chi connectivity index (χ3v) is 5.68. The minimum absolute atomic E-state index is 0. The highest BCUT2D eigenvalue weighted by Gasteiger charge is 2.23. The largest absolute Gasteiger partial charge is 0.339 e. The Kier molecular flexibility index (Phi) is 8.35. The maximum Gasteiger partial charge on any atom is 0.267 e. The van der Waals surface area contributed by atoms with Crippen LogP contribution in [-0.4, -0.2) is 40.0 Å². The lowest BCUT2D eigenvalue weighted by Gasteiger charge is -2.32. The van der Waals surface area contributed by atoms with Crippen LogP contribution in [0.15, 0.2) is 72.8 Å². The first-order valence-electron chi connectivity index (χ1n) is 10.7. The zero-order valence-electron chi connectivity index (χ0n) is 18.1. The SMILES string of the molecule is Cl.O=C(/C=C/c1cccc(/C=C/C(=O)N2CCCC(c3ccc4ccccc4c3)C2)n1)NO. The molecule has 3 aromatic rings. The number of nitrogens with one attached hydrogen (secondary N) is 1. The molecular formula is C26H26ClN3O3. The number of aromatic nitrogens is 1. The fourth-order valence-corrected chi connectivity index (χ4v) is 4.03. The van der Waals surface area contributed by atoms with Crippen molar-refractivity contribution in [1.82, 2.24) is 15.4 Å². The molecule has 1 aliphatic rings. The normalized spacial score (nSPS) is 16.2. The Morgan fingerprint density at radius 1 is 0.970 bits per heavy atom. The second-order valence-electron chi connectivity index (χ2n) is 7.86. The van der Waals surface area contributed by atoms with E-state index in [1.165, 1.54) is 34.0 Å². The van der Waals surface area contributed by atoms with E-state index in [1.807, 2.05) is 17.0 Å². The van der Waals surface area contributed by atoms with Crippen molar-refractivity contribution in [1.29, 1.82) is 0 Å². The van der Waals surface area contributed by atoms with Crippen LogP contribution in [0.4, 0.5) is 0 Å². The second kappa shape index (κ2) is 11.4. The smallest absolute Gasteiger partial charge is 0.267 e. The number of nitrogens with zero attached hydrogens (tertiary/aromatic N) is 2. The van der Waals surface area contributed by atoms with Crippen LogP contribution in [0.1, 0.15) is 35.7 Å². The van der Waals surface area contributed by atoms with Crippen molar-refractivity contribution < 1.29 is 14.8 Å². The van der Waals surface area contributed by atoms with Crippen molar-refractivity contribution in [2.75, 3.05) is 13.1 Å². The van der Waals surface area contributed by atoms with Gasteiger partial charge in [-0.1, -0.05) is 48.5 Å². The minimum Gasteiger partial charge on any atom is -0.339 e. The molecule has 1 fully saturated rings. The number of halogens is 1. The highest BCUT2D eigenvalue weighted by atomic mass is 35.5. The average molecular weight is 464 g/mol. The average Bonchev–Trinajstić information content (AvgIpc) is 2.85. The van der Waals surface area contributed by atoms with E-state index in [-0.39, 0.29) is 18.3 Å². The summed E-state index contributed by atoms with van der Waals surface area (Å²) in [5.74, 6) is -0.332. The lowest BCUT2D eigenvalue weighted by molar-refractivity contribution is -0.127. The number of carbonyl (C=O) groups excluding carboxylic acids is 2. The summed E-state index contributed by atoms with van der Waals surface area (Å²) in [6.07, 6.45) is 7.96. The maximum atomic E-state index is 12.8. The fourth-order valence-electron chi connectivity index (χ4n) is 4.03. The highest BCUT2D eigenvalue weighted by molar-refractivity contribution is 5.92. The molecule has 1 aliphatic heterocycles. The summed E-state index contributed by atoms with van der Waals surface area (Å²) in [7, 11) is 0. The number of amides is 2. The van der Waals surface area contributed by atoms with Crippen molar-refractivity contribution in [2.45, 2.75) is 18.8 Å². The summed E-state index contributed by atoms with van der Waals surface area (Å²) in [6, 6.07) is 20.2. The van der Waals surface area contributed by atoms with Crippen molar-refractivity contribution in [3.05, 3.63) is 89.8 Å². The second-order valence-corrected chi connectivity index (χ2v) is 7.86. The topological polar surface area (TPSA) is 82.5 Å². The molecule has 0 radical (unpaired) electrons. The van der Waals surface area contributed by atoms with Gasteiger partial charge in [0.1, 0.15) is 0 Å². The third-order valence-electron chi connectivity index (χ3n) is 5.68. The first kappa shape index (κ1) is 24.2. The Labute approximate surface area is 199 Å². The highest BCUT2D eigenvalue weighted by Crippen LogP contribution is 2.29. The van der Waals surface area contributed by atoms with Gasteiger partial charge in [-0.25, -0.2) is 10.5 Å². The third kappa shape index (κ3) is 6.28. The van der Waals surface area contributed by atoms with Gasteiger partial charge in [0, 0.05) is 31.2 Å². The van der Waals surface area contributed by atoms with Crippen LogP contribution in [0.3, 0.4) is 0 Å². The van der Waals surface area contributed by atoms with Gasteiger partial charge in [0.15, 0.2) is 0 Å². The predicted octanol–water partition coefficient (Wildman–Crippen LogP) is 4.59. The lowest BCUT2D eigenvalue weighted by Crippen LogP contribution is -2.38. The van der Waals surface area contributed by atoms with E-state index >= 15 is 0 Å². The van der Waals surface area contributed by atoms with Crippen LogP contribution in [0.2, 0.25) is 0 Å². The Morgan fingerprint density at radius 2 is 1.70 bits per heavy atom. The van der Waals surface area contributed by atoms with E-state index in [0.29, 0.717) is 23.9 Å². The number of rotatable bonds is 5. The monoisotopic (exact) mass is 463 g/mol. The molecule has 2 heterocycles. The van der Waals surface area contributed by atoms with Gasteiger partial charge in [-0.2, -0.15) is 0 Å². The number of hydrogen-bond acceptors (Lipinski definition) is 4. The molecule has 1 aromatic heterocycles. The van der Waals surface area contributed by atoms with E-state index in [2.05, 4.69) is 35.3 Å². The Balaban J connectivity index is 0.00000306. The number of hydroxylamine groups is 1. The van der Waals surface area contributed by atoms with Crippen LogP contribution < -0.4 is 5.48 Å². The molecule has 0 bridgehead atoms. The number of hydrogen-bond donors (Lipinski definition) is 2. The van der Waals surface area contributed by atoms with E-state index in [4.69, 9.17) is 5.21 Å². The molecule has 7 heteroatoms. The first-order chi connectivity index (χ1) is 15.6.